The van der Waals surface area contributed by atoms with Crippen LogP contribution in [0.15, 0.2) is 30.3 Å². The van der Waals surface area contributed by atoms with Crippen molar-refractivity contribution in [3.8, 4) is 5.75 Å². The molecular formula is C12H19OP. The van der Waals surface area contributed by atoms with Gasteiger partial charge in [-0.15, -0.1) is 0 Å². The van der Waals surface area contributed by atoms with Gasteiger partial charge in [0.2, 0.25) is 0 Å². The summed E-state index contributed by atoms with van der Waals surface area (Å²) in [7, 11) is -0.355. The Labute approximate surface area is 88.3 Å². The van der Waals surface area contributed by atoms with E-state index in [1.165, 1.54) is 0 Å². The highest BCUT2D eigenvalue weighted by atomic mass is 31.1. The second-order valence-electron chi connectivity index (χ2n) is 3.95. The SMILES string of the molecule is CC(C)P(Oc1ccccc1)C(C)C. The molecule has 0 saturated carbocycles. The molecule has 1 nitrogen and oxygen atoms in total. The average molecular weight is 210 g/mol. The Morgan fingerprint density at radius 2 is 1.43 bits per heavy atom. The zero-order valence-corrected chi connectivity index (χ0v) is 10.3. The zero-order valence-electron chi connectivity index (χ0n) is 9.40. The van der Waals surface area contributed by atoms with Crippen molar-refractivity contribution in [1.29, 1.82) is 0 Å². The zero-order chi connectivity index (χ0) is 10.6. The van der Waals surface area contributed by atoms with Gasteiger partial charge in [-0.2, -0.15) is 0 Å². The predicted octanol–water partition coefficient (Wildman–Crippen LogP) is 4.28. The van der Waals surface area contributed by atoms with Crippen LogP contribution in [0.3, 0.4) is 0 Å². The molecule has 0 aliphatic carbocycles. The number of benzene rings is 1. The van der Waals surface area contributed by atoms with Crippen molar-refractivity contribution in [2.75, 3.05) is 0 Å². The summed E-state index contributed by atoms with van der Waals surface area (Å²) in [5, 5.41) is 0. The molecule has 0 aliphatic rings. The van der Waals surface area contributed by atoms with Crippen LogP contribution < -0.4 is 4.52 Å². The summed E-state index contributed by atoms with van der Waals surface area (Å²) < 4.78 is 6.00. The van der Waals surface area contributed by atoms with E-state index in [0.29, 0.717) is 11.3 Å². The van der Waals surface area contributed by atoms with Gasteiger partial charge in [0.15, 0.2) is 0 Å². The first-order chi connectivity index (χ1) is 6.61. The Balaban J connectivity index is 2.65. The van der Waals surface area contributed by atoms with Crippen LogP contribution >= 0.6 is 8.15 Å². The number of hydrogen-bond donors (Lipinski definition) is 0. The molecular weight excluding hydrogens is 191 g/mol. The van der Waals surface area contributed by atoms with E-state index in [4.69, 9.17) is 4.52 Å². The molecule has 0 unspecified atom stereocenters. The molecule has 0 atom stereocenters. The van der Waals surface area contributed by atoms with Crippen molar-refractivity contribution >= 4 is 8.15 Å². The Hall–Kier alpha value is -0.550. The highest BCUT2D eigenvalue weighted by Gasteiger charge is 2.19. The molecule has 0 radical (unpaired) electrons. The molecule has 0 aromatic heterocycles. The summed E-state index contributed by atoms with van der Waals surface area (Å²) >= 11 is 0. The molecule has 78 valence electrons. The molecule has 14 heavy (non-hydrogen) atoms. The van der Waals surface area contributed by atoms with Crippen LogP contribution in [0.1, 0.15) is 27.7 Å². The minimum absolute atomic E-state index is 0.355. The lowest BCUT2D eigenvalue weighted by atomic mass is 10.3. The van der Waals surface area contributed by atoms with Crippen LogP contribution in [-0.4, -0.2) is 11.3 Å². The molecule has 0 fully saturated rings. The van der Waals surface area contributed by atoms with Gasteiger partial charge in [-0.25, -0.2) is 0 Å². The average Bonchev–Trinajstić information content (AvgIpc) is 2.15. The highest BCUT2D eigenvalue weighted by molar-refractivity contribution is 7.54. The summed E-state index contributed by atoms with van der Waals surface area (Å²) in [4.78, 5) is 0. The molecule has 1 rings (SSSR count). The van der Waals surface area contributed by atoms with E-state index in [2.05, 4.69) is 27.7 Å². The number of rotatable bonds is 4. The summed E-state index contributed by atoms with van der Waals surface area (Å²) in [6, 6.07) is 10.1. The molecule has 0 N–H and O–H groups in total. The first-order valence-electron chi connectivity index (χ1n) is 5.12. The summed E-state index contributed by atoms with van der Waals surface area (Å²) in [5.41, 5.74) is 1.23. The Morgan fingerprint density at radius 1 is 0.929 bits per heavy atom. The van der Waals surface area contributed by atoms with Crippen LogP contribution in [0.4, 0.5) is 0 Å². The third kappa shape index (κ3) is 3.31. The second-order valence-corrected chi connectivity index (χ2v) is 6.92. The van der Waals surface area contributed by atoms with Gasteiger partial charge >= 0.3 is 0 Å². The fraction of sp³-hybridized carbons (Fsp3) is 0.500. The van der Waals surface area contributed by atoms with Gasteiger partial charge in [-0.3, -0.25) is 0 Å². The van der Waals surface area contributed by atoms with Gasteiger partial charge in [0.1, 0.15) is 5.75 Å². The lowest BCUT2D eigenvalue weighted by molar-refractivity contribution is 0.593. The molecule has 0 aliphatic heterocycles. The van der Waals surface area contributed by atoms with Crippen molar-refractivity contribution in [2.24, 2.45) is 0 Å². The van der Waals surface area contributed by atoms with Crippen molar-refractivity contribution < 1.29 is 4.52 Å². The molecule has 0 bridgehead atoms. The lowest BCUT2D eigenvalue weighted by Crippen LogP contribution is -2.08. The fourth-order valence-electron chi connectivity index (χ4n) is 1.41. The van der Waals surface area contributed by atoms with Gasteiger partial charge in [-0.05, 0) is 12.1 Å². The minimum atomic E-state index is -0.355. The van der Waals surface area contributed by atoms with Gasteiger partial charge in [-0.1, -0.05) is 45.9 Å². The predicted molar refractivity (Wildman–Crippen MR) is 64.3 cm³/mol. The van der Waals surface area contributed by atoms with Crippen LogP contribution in [0.2, 0.25) is 0 Å². The van der Waals surface area contributed by atoms with E-state index in [0.717, 1.165) is 5.75 Å². The Kier molecular flexibility index (Phi) is 4.41. The van der Waals surface area contributed by atoms with E-state index in [9.17, 15) is 0 Å². The molecule has 0 saturated heterocycles. The van der Waals surface area contributed by atoms with E-state index in [-0.39, 0.29) is 8.15 Å². The lowest BCUT2D eigenvalue weighted by Gasteiger charge is -2.25. The molecule has 1 aromatic carbocycles. The standard InChI is InChI=1S/C12H19OP/c1-10(2)14(11(3)4)13-12-8-6-5-7-9-12/h5-11H,1-4H3. The summed E-state index contributed by atoms with van der Waals surface area (Å²) in [6.45, 7) is 8.92. The molecule has 2 heteroatoms. The van der Waals surface area contributed by atoms with Gasteiger partial charge in [0.05, 0.1) is 8.15 Å². The largest absolute Gasteiger partial charge is 0.474 e. The quantitative estimate of drug-likeness (QED) is 0.674. The van der Waals surface area contributed by atoms with Crippen LogP contribution in [0, 0.1) is 0 Å². The van der Waals surface area contributed by atoms with Gasteiger partial charge in [0.25, 0.3) is 0 Å². The molecule has 0 heterocycles. The monoisotopic (exact) mass is 210 g/mol. The topological polar surface area (TPSA) is 9.23 Å². The van der Waals surface area contributed by atoms with Crippen molar-refractivity contribution in [2.45, 2.75) is 39.0 Å². The molecule has 0 amide bonds. The van der Waals surface area contributed by atoms with Crippen molar-refractivity contribution in [3.63, 3.8) is 0 Å². The maximum atomic E-state index is 6.00. The fourth-order valence-corrected chi connectivity index (χ4v) is 3.39. The van der Waals surface area contributed by atoms with Gasteiger partial charge in [0, 0.05) is 11.3 Å². The van der Waals surface area contributed by atoms with E-state index in [1.807, 2.05) is 30.3 Å². The maximum absolute atomic E-state index is 6.00. The summed E-state index contributed by atoms with van der Waals surface area (Å²) in [5.74, 6) is 1.00. The van der Waals surface area contributed by atoms with Crippen LogP contribution in [0.25, 0.3) is 0 Å². The molecule has 0 spiro atoms. The summed E-state index contributed by atoms with van der Waals surface area (Å²) in [6.07, 6.45) is 0. The van der Waals surface area contributed by atoms with E-state index in [1.54, 1.807) is 0 Å². The number of para-hydroxylation sites is 1. The molecule has 1 aromatic rings. The van der Waals surface area contributed by atoms with Crippen molar-refractivity contribution in [3.05, 3.63) is 30.3 Å². The third-order valence-corrected chi connectivity index (χ3v) is 4.43. The van der Waals surface area contributed by atoms with E-state index < -0.39 is 0 Å². The normalized spacial score (nSPS) is 11.4. The third-order valence-electron chi connectivity index (χ3n) is 1.97. The first-order valence-corrected chi connectivity index (χ1v) is 6.52. The first kappa shape index (κ1) is 11.5. The number of hydrogen-bond acceptors (Lipinski definition) is 1. The smallest absolute Gasteiger partial charge is 0.123 e. The Morgan fingerprint density at radius 3 is 1.86 bits per heavy atom. The Bertz CT molecular complexity index is 248. The van der Waals surface area contributed by atoms with Gasteiger partial charge < -0.3 is 4.52 Å². The van der Waals surface area contributed by atoms with Crippen molar-refractivity contribution in [1.82, 2.24) is 0 Å². The van der Waals surface area contributed by atoms with E-state index >= 15 is 0 Å². The minimum Gasteiger partial charge on any atom is -0.474 e. The maximum Gasteiger partial charge on any atom is 0.123 e. The van der Waals surface area contributed by atoms with Crippen LogP contribution in [0.5, 0.6) is 5.75 Å². The highest BCUT2D eigenvalue weighted by Crippen LogP contribution is 2.46. The second kappa shape index (κ2) is 5.36. The van der Waals surface area contributed by atoms with Crippen LogP contribution in [-0.2, 0) is 0 Å².